The van der Waals surface area contributed by atoms with Crippen LogP contribution in [0.5, 0.6) is 0 Å². The average Bonchev–Trinajstić information content (AvgIpc) is 2.98. The van der Waals surface area contributed by atoms with Gasteiger partial charge in [0, 0.05) is 6.54 Å². The van der Waals surface area contributed by atoms with Crippen molar-refractivity contribution >= 4 is 0 Å². The number of hydrogen-bond donors (Lipinski definition) is 0. The van der Waals surface area contributed by atoms with Gasteiger partial charge in [0.15, 0.2) is 0 Å². The lowest BCUT2D eigenvalue weighted by molar-refractivity contribution is 0.320. The fourth-order valence-corrected chi connectivity index (χ4v) is 3.43. The van der Waals surface area contributed by atoms with Gasteiger partial charge in [0.05, 0.1) is 0 Å². The standard InChI is InChI=1S/C21H27N/c1-18-13-15-22(17-18)14-6-5-8-19-9-7-12-21(16-19)20-10-3-2-4-11-20/h2-4,7,9-12,16,18H,5-6,8,13-15,17H2,1H3. The molecule has 22 heavy (non-hydrogen) atoms. The molecule has 0 spiro atoms. The summed E-state index contributed by atoms with van der Waals surface area (Å²) in [5.74, 6) is 0.905. The van der Waals surface area contributed by atoms with Gasteiger partial charge < -0.3 is 4.90 Å². The lowest BCUT2D eigenvalue weighted by Gasteiger charge is -2.14. The Morgan fingerprint density at radius 1 is 0.955 bits per heavy atom. The number of benzene rings is 2. The number of unbranched alkanes of at least 4 members (excludes halogenated alkanes) is 1. The van der Waals surface area contributed by atoms with Gasteiger partial charge in [-0.15, -0.1) is 0 Å². The van der Waals surface area contributed by atoms with Gasteiger partial charge >= 0.3 is 0 Å². The molecule has 0 radical (unpaired) electrons. The molecule has 3 rings (SSSR count). The van der Waals surface area contributed by atoms with E-state index in [0.29, 0.717) is 0 Å². The second kappa shape index (κ2) is 7.60. The van der Waals surface area contributed by atoms with E-state index < -0.39 is 0 Å². The molecule has 1 aliphatic heterocycles. The highest BCUT2D eigenvalue weighted by molar-refractivity contribution is 5.63. The number of hydrogen-bond acceptors (Lipinski definition) is 1. The maximum Gasteiger partial charge on any atom is 0.000750 e. The Hall–Kier alpha value is -1.60. The van der Waals surface area contributed by atoms with Crippen molar-refractivity contribution < 1.29 is 0 Å². The van der Waals surface area contributed by atoms with E-state index in [4.69, 9.17) is 0 Å². The summed E-state index contributed by atoms with van der Waals surface area (Å²) in [5.41, 5.74) is 4.12. The van der Waals surface area contributed by atoms with Gasteiger partial charge in [0.25, 0.3) is 0 Å². The van der Waals surface area contributed by atoms with Crippen molar-refractivity contribution in [2.24, 2.45) is 5.92 Å². The summed E-state index contributed by atoms with van der Waals surface area (Å²) in [4.78, 5) is 2.63. The number of likely N-dealkylation sites (tertiary alicyclic amines) is 1. The Morgan fingerprint density at radius 3 is 2.55 bits per heavy atom. The minimum Gasteiger partial charge on any atom is -0.303 e. The molecule has 0 amide bonds. The number of rotatable bonds is 6. The van der Waals surface area contributed by atoms with Crippen LogP contribution in [0.2, 0.25) is 0 Å². The molecular weight excluding hydrogens is 266 g/mol. The Kier molecular flexibility index (Phi) is 5.29. The van der Waals surface area contributed by atoms with Gasteiger partial charge in [-0.3, -0.25) is 0 Å². The van der Waals surface area contributed by atoms with Gasteiger partial charge in [0.1, 0.15) is 0 Å². The summed E-state index contributed by atoms with van der Waals surface area (Å²) in [6.45, 7) is 6.27. The molecule has 1 heteroatoms. The molecule has 0 aromatic heterocycles. The lowest BCUT2D eigenvalue weighted by atomic mass is 10.0. The van der Waals surface area contributed by atoms with Gasteiger partial charge in [0.2, 0.25) is 0 Å². The van der Waals surface area contributed by atoms with E-state index >= 15 is 0 Å². The molecule has 1 heterocycles. The smallest absolute Gasteiger partial charge is 0.000750 e. The van der Waals surface area contributed by atoms with Crippen molar-refractivity contribution in [2.45, 2.75) is 32.6 Å². The number of nitrogens with zero attached hydrogens (tertiary/aromatic N) is 1. The van der Waals surface area contributed by atoms with Crippen LogP contribution in [0.15, 0.2) is 54.6 Å². The molecule has 1 fully saturated rings. The van der Waals surface area contributed by atoms with E-state index in [0.717, 1.165) is 5.92 Å². The Balaban J connectivity index is 1.49. The molecule has 1 saturated heterocycles. The SMILES string of the molecule is CC1CCN(CCCCc2cccc(-c3ccccc3)c2)C1. The van der Waals surface area contributed by atoms with Crippen LogP contribution in [-0.2, 0) is 6.42 Å². The van der Waals surface area contributed by atoms with Gasteiger partial charge in [-0.25, -0.2) is 0 Å². The Bertz CT molecular complexity index is 575. The highest BCUT2D eigenvalue weighted by atomic mass is 15.1. The lowest BCUT2D eigenvalue weighted by Crippen LogP contribution is -2.21. The fourth-order valence-electron chi connectivity index (χ4n) is 3.43. The second-order valence-electron chi connectivity index (χ2n) is 6.72. The molecule has 2 aromatic carbocycles. The maximum atomic E-state index is 2.63. The minimum absolute atomic E-state index is 0.905. The maximum absolute atomic E-state index is 2.63. The van der Waals surface area contributed by atoms with Crippen LogP contribution in [-0.4, -0.2) is 24.5 Å². The first-order valence-electron chi connectivity index (χ1n) is 8.68. The van der Waals surface area contributed by atoms with Crippen molar-refractivity contribution in [1.82, 2.24) is 4.90 Å². The van der Waals surface area contributed by atoms with Gasteiger partial charge in [-0.2, -0.15) is 0 Å². The third kappa shape index (κ3) is 4.20. The highest BCUT2D eigenvalue weighted by Gasteiger charge is 2.17. The molecule has 0 bridgehead atoms. The first-order chi connectivity index (χ1) is 10.8. The Labute approximate surface area is 135 Å². The predicted octanol–water partition coefficient (Wildman–Crippen LogP) is 5.02. The van der Waals surface area contributed by atoms with E-state index in [9.17, 15) is 0 Å². The largest absolute Gasteiger partial charge is 0.303 e. The molecule has 1 nitrogen and oxygen atoms in total. The first kappa shape index (κ1) is 15.3. The summed E-state index contributed by atoms with van der Waals surface area (Å²) < 4.78 is 0. The van der Waals surface area contributed by atoms with Crippen LogP contribution >= 0.6 is 0 Å². The zero-order valence-electron chi connectivity index (χ0n) is 13.7. The summed E-state index contributed by atoms with van der Waals surface area (Å²) in [6, 6.07) is 19.7. The van der Waals surface area contributed by atoms with E-state index in [1.54, 1.807) is 0 Å². The van der Waals surface area contributed by atoms with Crippen molar-refractivity contribution in [3.8, 4) is 11.1 Å². The van der Waals surface area contributed by atoms with E-state index in [2.05, 4.69) is 66.4 Å². The average molecular weight is 293 g/mol. The van der Waals surface area contributed by atoms with Crippen LogP contribution in [0, 0.1) is 5.92 Å². The molecule has 0 saturated carbocycles. The van der Waals surface area contributed by atoms with E-state index in [1.807, 2.05) is 0 Å². The van der Waals surface area contributed by atoms with Crippen molar-refractivity contribution in [1.29, 1.82) is 0 Å². The Morgan fingerprint density at radius 2 is 1.77 bits per heavy atom. The zero-order valence-corrected chi connectivity index (χ0v) is 13.7. The van der Waals surface area contributed by atoms with Crippen molar-refractivity contribution in [3.05, 3.63) is 60.2 Å². The fraction of sp³-hybridized carbons (Fsp3) is 0.429. The molecule has 1 aliphatic rings. The topological polar surface area (TPSA) is 3.24 Å². The van der Waals surface area contributed by atoms with Gasteiger partial charge in [-0.1, -0.05) is 61.5 Å². The quantitative estimate of drug-likeness (QED) is 0.676. The predicted molar refractivity (Wildman–Crippen MR) is 95.0 cm³/mol. The van der Waals surface area contributed by atoms with E-state index in [1.165, 1.54) is 62.0 Å². The molecule has 1 unspecified atom stereocenters. The molecule has 116 valence electrons. The zero-order chi connectivity index (χ0) is 15.2. The van der Waals surface area contributed by atoms with Crippen LogP contribution in [0.25, 0.3) is 11.1 Å². The van der Waals surface area contributed by atoms with Crippen LogP contribution in [0.4, 0.5) is 0 Å². The summed E-state index contributed by atoms with van der Waals surface area (Å²) >= 11 is 0. The van der Waals surface area contributed by atoms with Crippen molar-refractivity contribution in [2.75, 3.05) is 19.6 Å². The third-order valence-electron chi connectivity index (χ3n) is 4.73. The second-order valence-corrected chi connectivity index (χ2v) is 6.72. The summed E-state index contributed by atoms with van der Waals surface area (Å²) in [6.07, 6.45) is 5.20. The van der Waals surface area contributed by atoms with Crippen LogP contribution in [0.1, 0.15) is 31.7 Å². The normalized spacial score (nSPS) is 18.7. The number of aryl methyl sites for hydroxylation is 1. The molecule has 1 atom stereocenters. The van der Waals surface area contributed by atoms with Crippen LogP contribution < -0.4 is 0 Å². The monoisotopic (exact) mass is 293 g/mol. The first-order valence-corrected chi connectivity index (χ1v) is 8.68. The molecule has 0 aliphatic carbocycles. The van der Waals surface area contributed by atoms with E-state index in [-0.39, 0.29) is 0 Å². The molecule has 0 N–H and O–H groups in total. The van der Waals surface area contributed by atoms with Crippen molar-refractivity contribution in [3.63, 3.8) is 0 Å². The summed E-state index contributed by atoms with van der Waals surface area (Å²) in [7, 11) is 0. The highest BCUT2D eigenvalue weighted by Crippen LogP contribution is 2.21. The third-order valence-corrected chi connectivity index (χ3v) is 4.73. The summed E-state index contributed by atoms with van der Waals surface area (Å²) in [5, 5.41) is 0. The van der Waals surface area contributed by atoms with Gasteiger partial charge in [-0.05, 0) is 61.4 Å². The minimum atomic E-state index is 0.905. The van der Waals surface area contributed by atoms with Crippen LogP contribution in [0.3, 0.4) is 0 Å². The molecular formula is C21H27N. The molecule has 2 aromatic rings.